The lowest BCUT2D eigenvalue weighted by Gasteiger charge is -2.36. The average Bonchev–Trinajstić information content (AvgIpc) is 3.78. The standard InChI is InChI=1S/C46H63N7O7/c1-5-30(4)41(46(59)49-26-33-18-11-12-21-48-33)53-44(57)36(23-31-14-7-6-8-15-31)42(55)43(56)37(22-29(2)3)52-45(58)38(24-34-25-47-28-50-34)51-40(54)27-60-39-20-13-17-32-16-9-10-19-35(32)39/h9-13,16-21,25,28-31,36-38,41-43,55-56H,5-8,14-15,22-24,26-27H2,1-4H3,(H,47,50)(H,49,59)(H,51,54)(H,52,58)(H,53,57)/t30-,36-,37-,38-,41-,42-,43-/m0/s1. The zero-order valence-corrected chi connectivity index (χ0v) is 35.3. The van der Waals surface area contributed by atoms with E-state index in [-0.39, 0.29) is 49.7 Å². The van der Waals surface area contributed by atoms with E-state index in [0.29, 0.717) is 30.0 Å². The molecule has 7 N–H and O–H groups in total. The van der Waals surface area contributed by atoms with Crippen LogP contribution in [-0.4, -0.2) is 85.7 Å². The minimum atomic E-state index is -1.58. The Hall–Kier alpha value is -5.34. The van der Waals surface area contributed by atoms with Gasteiger partial charge in [0.1, 0.15) is 23.9 Å². The van der Waals surface area contributed by atoms with E-state index in [9.17, 15) is 29.4 Å². The van der Waals surface area contributed by atoms with Crippen LogP contribution in [-0.2, 0) is 32.1 Å². The Kier molecular flexibility index (Phi) is 17.4. The van der Waals surface area contributed by atoms with E-state index in [4.69, 9.17) is 4.74 Å². The maximum Gasteiger partial charge on any atom is 0.258 e. The molecule has 1 aliphatic rings. The summed E-state index contributed by atoms with van der Waals surface area (Å²) in [5, 5.41) is 37.4. The summed E-state index contributed by atoms with van der Waals surface area (Å²) in [4.78, 5) is 66.8. The van der Waals surface area contributed by atoms with Gasteiger partial charge in [-0.3, -0.25) is 24.2 Å². The smallest absolute Gasteiger partial charge is 0.258 e. The third-order valence-electron chi connectivity index (χ3n) is 11.6. The van der Waals surface area contributed by atoms with Crippen LogP contribution in [0.25, 0.3) is 10.8 Å². The van der Waals surface area contributed by atoms with E-state index >= 15 is 0 Å². The molecule has 0 unspecified atom stereocenters. The molecule has 0 aliphatic heterocycles. The van der Waals surface area contributed by atoms with Gasteiger partial charge in [0.15, 0.2) is 6.61 Å². The van der Waals surface area contributed by atoms with Gasteiger partial charge in [-0.1, -0.05) is 109 Å². The minimum absolute atomic E-state index is 0.0323. The van der Waals surface area contributed by atoms with Crippen LogP contribution in [0.1, 0.15) is 90.4 Å². The van der Waals surface area contributed by atoms with Crippen LogP contribution in [0.4, 0.5) is 0 Å². The van der Waals surface area contributed by atoms with Crippen molar-refractivity contribution < 1.29 is 34.1 Å². The second-order valence-corrected chi connectivity index (χ2v) is 16.6. The Labute approximate surface area is 353 Å². The maximum atomic E-state index is 14.4. The number of aromatic nitrogens is 3. The number of benzene rings is 2. The number of pyridine rings is 1. The number of carbonyl (C=O) groups is 4. The zero-order chi connectivity index (χ0) is 43.0. The number of aliphatic hydroxyl groups is 2. The van der Waals surface area contributed by atoms with Crippen molar-refractivity contribution in [3.8, 4) is 5.75 Å². The number of amides is 4. The first-order valence-electron chi connectivity index (χ1n) is 21.4. The molecule has 5 rings (SSSR count). The molecule has 2 aromatic carbocycles. The third kappa shape index (κ3) is 13.3. The van der Waals surface area contributed by atoms with Gasteiger partial charge in [-0.2, -0.15) is 0 Å². The van der Waals surface area contributed by atoms with E-state index in [1.807, 2.05) is 70.2 Å². The van der Waals surface area contributed by atoms with Crippen LogP contribution < -0.4 is 26.0 Å². The average molecular weight is 826 g/mol. The first-order chi connectivity index (χ1) is 28.9. The lowest BCUT2D eigenvalue weighted by Crippen LogP contribution is -2.59. The third-order valence-corrected chi connectivity index (χ3v) is 11.6. The van der Waals surface area contributed by atoms with E-state index in [1.54, 1.807) is 30.6 Å². The topological polar surface area (TPSA) is 208 Å². The predicted molar refractivity (Wildman–Crippen MR) is 229 cm³/mol. The first-order valence-corrected chi connectivity index (χ1v) is 21.4. The van der Waals surface area contributed by atoms with Crippen LogP contribution in [0.3, 0.4) is 0 Å². The number of ether oxygens (including phenoxy) is 1. The van der Waals surface area contributed by atoms with Gasteiger partial charge in [-0.15, -0.1) is 0 Å². The van der Waals surface area contributed by atoms with Crippen molar-refractivity contribution in [1.29, 1.82) is 0 Å². The summed E-state index contributed by atoms with van der Waals surface area (Å²) in [5.41, 5.74) is 1.27. The molecule has 2 heterocycles. The molecule has 1 saturated carbocycles. The highest BCUT2D eigenvalue weighted by molar-refractivity contribution is 5.91. The number of hydrogen-bond donors (Lipinski definition) is 7. The number of carbonyl (C=O) groups excluding carboxylic acids is 4. The Morgan fingerprint density at radius 1 is 0.867 bits per heavy atom. The van der Waals surface area contributed by atoms with E-state index in [2.05, 4.69) is 36.2 Å². The summed E-state index contributed by atoms with van der Waals surface area (Å²) < 4.78 is 5.91. The lowest BCUT2D eigenvalue weighted by molar-refractivity contribution is -0.140. The van der Waals surface area contributed by atoms with Crippen LogP contribution in [0, 0.1) is 23.7 Å². The van der Waals surface area contributed by atoms with E-state index in [1.165, 1.54) is 6.33 Å². The number of hydrogen-bond acceptors (Lipinski definition) is 9. The molecule has 0 saturated heterocycles. The molecule has 0 spiro atoms. The van der Waals surface area contributed by atoms with Gasteiger partial charge in [-0.25, -0.2) is 4.98 Å². The summed E-state index contributed by atoms with van der Waals surface area (Å²) in [6, 6.07) is 15.7. The summed E-state index contributed by atoms with van der Waals surface area (Å²) in [7, 11) is 0. The molecule has 2 aromatic heterocycles. The molecule has 4 amide bonds. The number of aliphatic hydroxyl groups excluding tert-OH is 2. The van der Waals surface area contributed by atoms with Gasteiger partial charge in [0.2, 0.25) is 17.7 Å². The fourth-order valence-corrected chi connectivity index (χ4v) is 8.01. The van der Waals surface area contributed by atoms with Crippen molar-refractivity contribution >= 4 is 34.4 Å². The SMILES string of the molecule is CC[C@H](C)[C@H](NC(=O)[C@@H](CC1CCCCC1)[C@H](O)[C@@H](O)[C@H](CC(C)C)NC(=O)[C@H](Cc1cnc[nH]1)NC(=O)COc1cccc2ccccc12)C(=O)NCc1ccccn1. The molecular weight excluding hydrogens is 763 g/mol. The number of nitrogens with one attached hydrogen (secondary N) is 5. The second-order valence-electron chi connectivity index (χ2n) is 16.6. The van der Waals surface area contributed by atoms with Gasteiger partial charge in [0.05, 0.1) is 36.6 Å². The van der Waals surface area contributed by atoms with Crippen LogP contribution in [0.5, 0.6) is 5.75 Å². The monoisotopic (exact) mass is 825 g/mol. The fourth-order valence-electron chi connectivity index (χ4n) is 8.01. The van der Waals surface area contributed by atoms with Gasteiger partial charge < -0.3 is 41.2 Å². The molecule has 14 nitrogen and oxygen atoms in total. The van der Waals surface area contributed by atoms with E-state index in [0.717, 1.165) is 42.9 Å². The number of nitrogens with zero attached hydrogens (tertiary/aromatic N) is 2. The molecule has 0 radical (unpaired) electrons. The number of aromatic amines is 1. The largest absolute Gasteiger partial charge is 0.483 e. The summed E-state index contributed by atoms with van der Waals surface area (Å²) in [6.45, 7) is 7.51. The Bertz CT molecular complexity index is 1950. The van der Waals surface area contributed by atoms with Crippen LogP contribution in [0.15, 0.2) is 79.4 Å². The van der Waals surface area contributed by atoms with Crippen LogP contribution in [0.2, 0.25) is 0 Å². The Morgan fingerprint density at radius 2 is 1.62 bits per heavy atom. The molecule has 1 aliphatic carbocycles. The lowest BCUT2D eigenvalue weighted by atomic mass is 9.78. The van der Waals surface area contributed by atoms with Gasteiger partial charge in [0, 0.05) is 29.9 Å². The quantitative estimate of drug-likeness (QED) is 0.0583. The molecule has 4 aromatic rings. The molecule has 7 atom stereocenters. The highest BCUT2D eigenvalue weighted by Gasteiger charge is 2.41. The summed E-state index contributed by atoms with van der Waals surface area (Å²) in [6.07, 6.45) is 7.66. The number of fused-ring (bicyclic) bond motifs is 1. The first kappa shape index (κ1) is 45.7. The van der Waals surface area contributed by atoms with Gasteiger partial charge in [0.25, 0.3) is 5.91 Å². The Balaban J connectivity index is 1.32. The van der Waals surface area contributed by atoms with Crippen molar-refractivity contribution in [2.45, 2.75) is 122 Å². The second kappa shape index (κ2) is 22.9. The van der Waals surface area contributed by atoms with Crippen molar-refractivity contribution in [2.24, 2.45) is 23.7 Å². The summed E-state index contributed by atoms with van der Waals surface area (Å²) >= 11 is 0. The van der Waals surface area contributed by atoms with Gasteiger partial charge in [-0.05, 0) is 54.2 Å². The molecule has 60 heavy (non-hydrogen) atoms. The van der Waals surface area contributed by atoms with Gasteiger partial charge >= 0.3 is 0 Å². The number of imidazole rings is 1. The molecule has 14 heteroatoms. The van der Waals surface area contributed by atoms with Crippen molar-refractivity contribution in [2.75, 3.05) is 6.61 Å². The molecule has 0 bridgehead atoms. The predicted octanol–water partition coefficient (Wildman–Crippen LogP) is 4.75. The van der Waals surface area contributed by atoms with Crippen molar-refractivity contribution in [3.05, 3.63) is 90.8 Å². The molecule has 1 fully saturated rings. The Morgan fingerprint density at radius 3 is 2.32 bits per heavy atom. The molecular formula is C46H63N7O7. The van der Waals surface area contributed by atoms with E-state index < -0.39 is 54.0 Å². The highest BCUT2D eigenvalue weighted by atomic mass is 16.5. The van der Waals surface area contributed by atoms with Crippen molar-refractivity contribution in [1.82, 2.24) is 36.2 Å². The number of H-pyrrole nitrogens is 1. The maximum absolute atomic E-state index is 14.4. The highest BCUT2D eigenvalue weighted by Crippen LogP contribution is 2.32. The number of rotatable bonds is 22. The normalized spacial score (nSPS) is 16.8. The van der Waals surface area contributed by atoms with Crippen molar-refractivity contribution in [3.63, 3.8) is 0 Å². The fraction of sp³-hybridized carbons (Fsp3) is 0.522. The summed E-state index contributed by atoms with van der Waals surface area (Å²) in [5.74, 6) is -2.70. The minimum Gasteiger partial charge on any atom is -0.483 e. The molecule has 324 valence electrons. The van der Waals surface area contributed by atoms with Crippen LogP contribution >= 0.6 is 0 Å². The zero-order valence-electron chi connectivity index (χ0n) is 35.3.